The predicted molar refractivity (Wildman–Crippen MR) is 78.5 cm³/mol. The molecule has 0 aliphatic carbocycles. The largest absolute Gasteiger partial charge is 0.466 e. The number of hydrogen-bond donors (Lipinski definition) is 0. The Labute approximate surface area is 114 Å². The molecule has 0 aromatic heterocycles. The first-order chi connectivity index (χ1) is 8.58. The Balaban J connectivity index is 2.92. The molecule has 4 heteroatoms. The molecule has 96 valence electrons. The molecular weight excluding hydrogens is 246 g/mol. The molecular formula is C14H18BClO2. The van der Waals surface area contributed by atoms with Gasteiger partial charge in [-0.3, -0.25) is 4.79 Å². The molecule has 0 N–H and O–H groups in total. The number of allylic oxidation sites excluding steroid dienone is 1. The van der Waals surface area contributed by atoms with E-state index in [0.29, 0.717) is 18.9 Å². The first kappa shape index (κ1) is 14.8. The minimum atomic E-state index is -0.309. The van der Waals surface area contributed by atoms with E-state index in [2.05, 4.69) is 6.58 Å². The number of halogens is 1. The van der Waals surface area contributed by atoms with Crippen molar-refractivity contribution in [1.82, 2.24) is 0 Å². The van der Waals surface area contributed by atoms with Gasteiger partial charge in [0.25, 0.3) is 0 Å². The van der Waals surface area contributed by atoms with Gasteiger partial charge < -0.3 is 4.74 Å². The van der Waals surface area contributed by atoms with Crippen LogP contribution in [0, 0.1) is 0 Å². The maximum atomic E-state index is 12.0. The monoisotopic (exact) mass is 264 g/mol. The fourth-order valence-electron chi connectivity index (χ4n) is 1.72. The van der Waals surface area contributed by atoms with Crippen LogP contribution in [-0.4, -0.2) is 26.3 Å². The molecule has 18 heavy (non-hydrogen) atoms. The van der Waals surface area contributed by atoms with Gasteiger partial charge in [-0.05, 0) is 18.9 Å². The lowest BCUT2D eigenvalue weighted by Crippen LogP contribution is -2.17. The average Bonchev–Trinajstić information content (AvgIpc) is 2.37. The zero-order valence-electron chi connectivity index (χ0n) is 10.9. The van der Waals surface area contributed by atoms with Crippen LogP contribution in [0.1, 0.15) is 24.8 Å². The van der Waals surface area contributed by atoms with Gasteiger partial charge in [-0.2, -0.15) is 0 Å². The Hall–Kier alpha value is -1.22. The summed E-state index contributed by atoms with van der Waals surface area (Å²) in [4.78, 5) is 12.0. The van der Waals surface area contributed by atoms with Gasteiger partial charge in [0.05, 0.1) is 12.5 Å². The van der Waals surface area contributed by atoms with Gasteiger partial charge in [-0.25, -0.2) is 0 Å². The summed E-state index contributed by atoms with van der Waals surface area (Å²) in [6, 6.07) is 7.90. The Morgan fingerprint density at radius 2 is 2.06 bits per heavy atom. The van der Waals surface area contributed by atoms with E-state index >= 15 is 0 Å². The molecule has 0 fully saturated rings. The molecule has 0 spiro atoms. The lowest BCUT2D eigenvalue weighted by Gasteiger charge is -2.16. The van der Waals surface area contributed by atoms with Crippen molar-refractivity contribution in [1.29, 1.82) is 0 Å². The minimum Gasteiger partial charge on any atom is -0.466 e. The van der Waals surface area contributed by atoms with Crippen molar-refractivity contribution < 1.29 is 9.53 Å². The standard InChI is InChI=1S/C14H18BClO2/c1-3-18-14(17)13(8-10(2)9-16)11-4-6-12(15)7-5-11/h4-7,13H,2-3,8-9,15H2,1H3. The Bertz CT molecular complexity index is 414. The summed E-state index contributed by atoms with van der Waals surface area (Å²) in [5.74, 6) is -0.161. The van der Waals surface area contributed by atoms with E-state index in [1.165, 1.54) is 0 Å². The van der Waals surface area contributed by atoms with Gasteiger partial charge in [0.1, 0.15) is 7.85 Å². The zero-order valence-corrected chi connectivity index (χ0v) is 11.7. The van der Waals surface area contributed by atoms with Crippen molar-refractivity contribution in [3.05, 3.63) is 42.0 Å². The molecule has 1 aromatic rings. The van der Waals surface area contributed by atoms with Gasteiger partial charge in [0.2, 0.25) is 0 Å². The Morgan fingerprint density at radius 1 is 1.44 bits per heavy atom. The molecule has 0 amide bonds. The minimum absolute atomic E-state index is 0.215. The van der Waals surface area contributed by atoms with Crippen LogP contribution in [0.15, 0.2) is 36.4 Å². The van der Waals surface area contributed by atoms with E-state index in [4.69, 9.17) is 16.3 Å². The summed E-state index contributed by atoms with van der Waals surface area (Å²) in [6.45, 7) is 6.05. The van der Waals surface area contributed by atoms with Gasteiger partial charge in [0.15, 0.2) is 0 Å². The zero-order chi connectivity index (χ0) is 13.5. The number of carbonyl (C=O) groups is 1. The Kier molecular flexibility index (Phi) is 6.00. The van der Waals surface area contributed by atoms with Crippen LogP contribution < -0.4 is 5.46 Å². The highest BCUT2D eigenvalue weighted by Crippen LogP contribution is 2.24. The molecule has 0 saturated heterocycles. The third-order valence-electron chi connectivity index (χ3n) is 2.73. The van der Waals surface area contributed by atoms with E-state index in [-0.39, 0.29) is 11.9 Å². The molecule has 0 aliphatic rings. The maximum absolute atomic E-state index is 12.0. The average molecular weight is 265 g/mol. The molecule has 0 bridgehead atoms. The van der Waals surface area contributed by atoms with E-state index in [1.54, 1.807) is 6.92 Å². The number of carbonyl (C=O) groups excluding carboxylic acids is 1. The molecule has 0 aliphatic heterocycles. The second-order valence-electron chi connectivity index (χ2n) is 4.30. The van der Waals surface area contributed by atoms with E-state index in [1.807, 2.05) is 32.1 Å². The number of hydrogen-bond acceptors (Lipinski definition) is 2. The second kappa shape index (κ2) is 7.27. The lowest BCUT2D eigenvalue weighted by molar-refractivity contribution is -0.144. The number of ether oxygens (including phenoxy) is 1. The summed E-state index contributed by atoms with van der Waals surface area (Å²) in [7, 11) is 2.01. The molecule has 0 radical (unpaired) electrons. The summed E-state index contributed by atoms with van der Waals surface area (Å²) in [5.41, 5.74) is 2.96. The molecule has 1 atom stereocenters. The maximum Gasteiger partial charge on any atom is 0.313 e. The summed E-state index contributed by atoms with van der Waals surface area (Å²) in [5, 5.41) is 0. The van der Waals surface area contributed by atoms with Crippen LogP contribution in [0.5, 0.6) is 0 Å². The fourth-order valence-corrected chi connectivity index (χ4v) is 1.83. The van der Waals surface area contributed by atoms with E-state index < -0.39 is 0 Å². The fraction of sp³-hybridized carbons (Fsp3) is 0.357. The van der Waals surface area contributed by atoms with Gasteiger partial charge >= 0.3 is 5.97 Å². The van der Waals surface area contributed by atoms with Crippen LogP contribution in [-0.2, 0) is 9.53 Å². The van der Waals surface area contributed by atoms with Crippen molar-refractivity contribution >= 4 is 30.9 Å². The smallest absolute Gasteiger partial charge is 0.313 e. The first-order valence-electron chi connectivity index (χ1n) is 6.04. The quantitative estimate of drug-likeness (QED) is 0.339. The Morgan fingerprint density at radius 3 is 2.56 bits per heavy atom. The van der Waals surface area contributed by atoms with Gasteiger partial charge in [-0.15, -0.1) is 11.6 Å². The number of rotatable bonds is 6. The first-order valence-corrected chi connectivity index (χ1v) is 6.57. The highest BCUT2D eigenvalue weighted by molar-refractivity contribution is 6.32. The van der Waals surface area contributed by atoms with Crippen molar-refractivity contribution in [3.63, 3.8) is 0 Å². The van der Waals surface area contributed by atoms with Crippen molar-refractivity contribution in [2.75, 3.05) is 12.5 Å². The molecule has 1 rings (SSSR count). The van der Waals surface area contributed by atoms with E-state index in [0.717, 1.165) is 16.6 Å². The number of alkyl halides is 1. The van der Waals surface area contributed by atoms with Crippen molar-refractivity contribution in [2.24, 2.45) is 0 Å². The predicted octanol–water partition coefficient (Wildman–Crippen LogP) is 1.78. The van der Waals surface area contributed by atoms with Crippen molar-refractivity contribution in [3.8, 4) is 0 Å². The topological polar surface area (TPSA) is 26.3 Å². The summed E-state index contributed by atoms with van der Waals surface area (Å²) in [6.07, 6.45) is 0.533. The molecule has 1 unspecified atom stereocenters. The number of esters is 1. The van der Waals surface area contributed by atoms with E-state index in [9.17, 15) is 4.79 Å². The number of benzene rings is 1. The SMILES string of the molecule is Bc1ccc(C(CC(=C)CCl)C(=O)OCC)cc1. The second-order valence-corrected chi connectivity index (χ2v) is 4.57. The lowest BCUT2D eigenvalue weighted by atomic mass is 9.89. The molecule has 2 nitrogen and oxygen atoms in total. The van der Waals surface area contributed by atoms with Crippen LogP contribution in [0.4, 0.5) is 0 Å². The third kappa shape index (κ3) is 4.23. The highest BCUT2D eigenvalue weighted by Gasteiger charge is 2.22. The van der Waals surface area contributed by atoms with Crippen LogP contribution in [0.2, 0.25) is 0 Å². The molecule has 1 aromatic carbocycles. The van der Waals surface area contributed by atoms with Crippen LogP contribution >= 0.6 is 11.6 Å². The summed E-state index contributed by atoms with van der Waals surface area (Å²) >= 11 is 5.74. The summed E-state index contributed by atoms with van der Waals surface area (Å²) < 4.78 is 5.11. The van der Waals surface area contributed by atoms with Crippen molar-refractivity contribution in [2.45, 2.75) is 19.3 Å². The molecule has 0 heterocycles. The van der Waals surface area contributed by atoms with Gasteiger partial charge in [-0.1, -0.05) is 41.9 Å². The van der Waals surface area contributed by atoms with Crippen LogP contribution in [0.3, 0.4) is 0 Å². The van der Waals surface area contributed by atoms with Crippen LogP contribution in [0.25, 0.3) is 0 Å². The van der Waals surface area contributed by atoms with Gasteiger partial charge in [0, 0.05) is 5.88 Å². The normalized spacial score (nSPS) is 11.9. The highest BCUT2D eigenvalue weighted by atomic mass is 35.5. The molecule has 0 saturated carbocycles. The third-order valence-corrected chi connectivity index (χ3v) is 3.11.